The summed E-state index contributed by atoms with van der Waals surface area (Å²) in [6, 6.07) is 22.6. The molecule has 1 heterocycles. The van der Waals surface area contributed by atoms with E-state index in [2.05, 4.69) is 59.9 Å². The van der Waals surface area contributed by atoms with Gasteiger partial charge >= 0.3 is 0 Å². The SMILES string of the molecule is CNC(=O)c1ccc(/C=C/c2cccc3c2sc2ccccc23)cc1. The number of carbonyl (C=O) groups excluding carboxylic acids is 1. The molecule has 1 N–H and O–H groups in total. The van der Waals surface area contributed by atoms with E-state index in [1.165, 1.54) is 25.7 Å². The van der Waals surface area contributed by atoms with Gasteiger partial charge in [0, 0.05) is 32.8 Å². The summed E-state index contributed by atoms with van der Waals surface area (Å²) in [7, 11) is 1.64. The van der Waals surface area contributed by atoms with Crippen molar-refractivity contribution < 1.29 is 4.79 Å². The third-order valence-corrected chi connectivity index (χ3v) is 5.53. The summed E-state index contributed by atoms with van der Waals surface area (Å²) in [5.74, 6) is -0.0643. The molecule has 0 radical (unpaired) electrons. The lowest BCUT2D eigenvalue weighted by atomic mass is 10.1. The first-order chi connectivity index (χ1) is 12.3. The van der Waals surface area contributed by atoms with Crippen molar-refractivity contribution in [2.45, 2.75) is 0 Å². The normalized spacial score (nSPS) is 11.4. The van der Waals surface area contributed by atoms with Gasteiger partial charge in [-0.2, -0.15) is 0 Å². The summed E-state index contributed by atoms with van der Waals surface area (Å²) < 4.78 is 2.62. The molecule has 0 aliphatic heterocycles. The highest BCUT2D eigenvalue weighted by molar-refractivity contribution is 7.26. The number of hydrogen-bond donors (Lipinski definition) is 1. The van der Waals surface area contributed by atoms with Crippen LogP contribution < -0.4 is 5.32 Å². The third kappa shape index (κ3) is 2.94. The average Bonchev–Trinajstić information content (AvgIpc) is 3.05. The van der Waals surface area contributed by atoms with Gasteiger partial charge in [0.15, 0.2) is 0 Å². The highest BCUT2D eigenvalue weighted by Gasteiger charge is 2.06. The first-order valence-corrected chi connectivity index (χ1v) is 8.98. The Morgan fingerprint density at radius 2 is 1.64 bits per heavy atom. The highest BCUT2D eigenvalue weighted by atomic mass is 32.1. The monoisotopic (exact) mass is 343 g/mol. The first kappa shape index (κ1) is 15.6. The zero-order chi connectivity index (χ0) is 17.2. The molecule has 3 aromatic carbocycles. The molecule has 3 heteroatoms. The second-order valence-electron chi connectivity index (χ2n) is 5.86. The van der Waals surface area contributed by atoms with Crippen molar-refractivity contribution in [2.75, 3.05) is 7.05 Å². The molecule has 1 amide bonds. The van der Waals surface area contributed by atoms with Gasteiger partial charge in [0.25, 0.3) is 5.91 Å². The molecular weight excluding hydrogens is 326 g/mol. The number of thiophene rings is 1. The fourth-order valence-corrected chi connectivity index (χ4v) is 4.17. The van der Waals surface area contributed by atoms with Gasteiger partial charge in [0.2, 0.25) is 0 Å². The van der Waals surface area contributed by atoms with E-state index >= 15 is 0 Å². The fraction of sp³-hybridized carbons (Fsp3) is 0.0455. The Morgan fingerprint density at radius 1 is 0.880 bits per heavy atom. The molecule has 0 saturated carbocycles. The van der Waals surface area contributed by atoms with Crippen molar-refractivity contribution in [3.63, 3.8) is 0 Å². The molecule has 0 atom stereocenters. The van der Waals surface area contributed by atoms with Gasteiger partial charge in [-0.05, 0) is 29.3 Å². The standard InChI is InChI=1S/C22H17NOS/c1-23-22(24)17-13-10-15(11-14-17)9-12-16-5-4-7-19-18-6-2-3-8-20(18)25-21(16)19/h2-14H,1H3,(H,23,24)/b12-9+. The highest BCUT2D eigenvalue weighted by Crippen LogP contribution is 2.36. The van der Waals surface area contributed by atoms with Gasteiger partial charge in [0.05, 0.1) is 0 Å². The molecule has 0 spiro atoms. The summed E-state index contributed by atoms with van der Waals surface area (Å²) in [6.07, 6.45) is 4.24. The molecule has 0 aliphatic rings. The molecule has 1 aromatic heterocycles. The van der Waals surface area contributed by atoms with Crippen LogP contribution in [0.25, 0.3) is 32.3 Å². The minimum Gasteiger partial charge on any atom is -0.355 e. The second kappa shape index (κ2) is 6.54. The lowest BCUT2D eigenvalue weighted by molar-refractivity contribution is 0.0963. The van der Waals surface area contributed by atoms with E-state index in [4.69, 9.17) is 0 Å². The quantitative estimate of drug-likeness (QED) is 0.483. The van der Waals surface area contributed by atoms with Crippen LogP contribution in [0, 0.1) is 0 Å². The number of nitrogens with one attached hydrogen (secondary N) is 1. The van der Waals surface area contributed by atoms with E-state index in [-0.39, 0.29) is 5.91 Å². The van der Waals surface area contributed by atoms with E-state index < -0.39 is 0 Å². The lowest BCUT2D eigenvalue weighted by Crippen LogP contribution is -2.17. The molecule has 4 aromatic rings. The van der Waals surface area contributed by atoms with Crippen LogP contribution in [0.1, 0.15) is 21.5 Å². The average molecular weight is 343 g/mol. The Kier molecular flexibility index (Phi) is 4.08. The Labute approximate surface area is 150 Å². The van der Waals surface area contributed by atoms with Crippen LogP contribution in [0.3, 0.4) is 0 Å². The Bertz CT molecular complexity index is 1090. The Balaban J connectivity index is 1.70. The van der Waals surface area contributed by atoms with Crippen molar-refractivity contribution >= 4 is 49.6 Å². The number of benzene rings is 3. The maximum absolute atomic E-state index is 11.6. The third-order valence-electron chi connectivity index (χ3n) is 4.29. The molecule has 0 fully saturated rings. The van der Waals surface area contributed by atoms with Crippen LogP contribution in [-0.4, -0.2) is 13.0 Å². The van der Waals surface area contributed by atoms with Crippen molar-refractivity contribution in [1.82, 2.24) is 5.32 Å². The molecule has 0 saturated heterocycles. The molecule has 122 valence electrons. The van der Waals surface area contributed by atoms with Gasteiger partial charge in [-0.25, -0.2) is 0 Å². The van der Waals surface area contributed by atoms with E-state index in [1.54, 1.807) is 7.05 Å². The van der Waals surface area contributed by atoms with Gasteiger partial charge in [-0.3, -0.25) is 4.79 Å². The number of rotatable bonds is 3. The van der Waals surface area contributed by atoms with Crippen LogP contribution in [-0.2, 0) is 0 Å². The lowest BCUT2D eigenvalue weighted by Gasteiger charge is -2.00. The zero-order valence-corrected chi connectivity index (χ0v) is 14.6. The Hall–Kier alpha value is -2.91. The minimum absolute atomic E-state index is 0.0643. The van der Waals surface area contributed by atoms with Crippen LogP contribution in [0.15, 0.2) is 66.7 Å². The molecular formula is C22H17NOS. The van der Waals surface area contributed by atoms with Crippen molar-refractivity contribution in [1.29, 1.82) is 0 Å². The maximum Gasteiger partial charge on any atom is 0.251 e. The van der Waals surface area contributed by atoms with Crippen LogP contribution >= 0.6 is 11.3 Å². The topological polar surface area (TPSA) is 29.1 Å². The van der Waals surface area contributed by atoms with Gasteiger partial charge in [-0.15, -0.1) is 11.3 Å². The molecule has 4 rings (SSSR count). The molecule has 0 bridgehead atoms. The Morgan fingerprint density at radius 3 is 2.44 bits per heavy atom. The summed E-state index contributed by atoms with van der Waals surface area (Å²) in [6.45, 7) is 0. The fourth-order valence-electron chi connectivity index (χ4n) is 2.98. The summed E-state index contributed by atoms with van der Waals surface area (Å²) in [5, 5.41) is 5.25. The minimum atomic E-state index is -0.0643. The van der Waals surface area contributed by atoms with Gasteiger partial charge in [-0.1, -0.05) is 60.7 Å². The molecule has 0 unspecified atom stereocenters. The summed E-state index contributed by atoms with van der Waals surface area (Å²) in [5.41, 5.74) is 2.96. The maximum atomic E-state index is 11.6. The predicted octanol–water partition coefficient (Wildman–Crippen LogP) is 5.58. The number of fused-ring (bicyclic) bond motifs is 3. The van der Waals surface area contributed by atoms with E-state index in [9.17, 15) is 4.79 Å². The van der Waals surface area contributed by atoms with Crippen LogP contribution in [0.2, 0.25) is 0 Å². The van der Waals surface area contributed by atoms with Gasteiger partial charge in [0.1, 0.15) is 0 Å². The van der Waals surface area contributed by atoms with E-state index in [0.717, 1.165) is 5.56 Å². The first-order valence-electron chi connectivity index (χ1n) is 8.17. The summed E-state index contributed by atoms with van der Waals surface area (Å²) in [4.78, 5) is 11.6. The van der Waals surface area contributed by atoms with E-state index in [1.807, 2.05) is 35.6 Å². The second-order valence-corrected chi connectivity index (χ2v) is 6.91. The van der Waals surface area contributed by atoms with Crippen LogP contribution in [0.5, 0.6) is 0 Å². The number of carbonyl (C=O) groups is 1. The largest absolute Gasteiger partial charge is 0.355 e. The molecule has 0 aliphatic carbocycles. The summed E-state index contributed by atoms with van der Waals surface area (Å²) >= 11 is 1.83. The number of amides is 1. The predicted molar refractivity (Wildman–Crippen MR) is 108 cm³/mol. The smallest absolute Gasteiger partial charge is 0.251 e. The van der Waals surface area contributed by atoms with E-state index in [0.29, 0.717) is 5.56 Å². The zero-order valence-electron chi connectivity index (χ0n) is 13.8. The van der Waals surface area contributed by atoms with Crippen molar-refractivity contribution in [3.05, 3.63) is 83.4 Å². The number of hydrogen-bond acceptors (Lipinski definition) is 2. The molecule has 2 nitrogen and oxygen atoms in total. The van der Waals surface area contributed by atoms with Crippen molar-refractivity contribution in [3.8, 4) is 0 Å². The van der Waals surface area contributed by atoms with Crippen molar-refractivity contribution in [2.24, 2.45) is 0 Å². The van der Waals surface area contributed by atoms with Gasteiger partial charge < -0.3 is 5.32 Å². The molecule has 25 heavy (non-hydrogen) atoms. The van der Waals surface area contributed by atoms with Crippen LogP contribution in [0.4, 0.5) is 0 Å².